The number of ether oxygens (including phenoxy) is 2. The summed E-state index contributed by atoms with van der Waals surface area (Å²) in [6.07, 6.45) is 2.05. The molecule has 0 amide bonds. The van der Waals surface area contributed by atoms with Crippen LogP contribution in [-0.2, 0) is 28.6 Å². The zero-order valence-corrected chi connectivity index (χ0v) is 15.5. The Kier molecular flexibility index (Phi) is 6.89. The van der Waals surface area contributed by atoms with Gasteiger partial charge in [0, 0.05) is 0 Å². The fourth-order valence-electron chi connectivity index (χ4n) is 2.12. The number of carbonyl (C=O) groups excluding carboxylic acids is 1. The van der Waals surface area contributed by atoms with E-state index >= 15 is 0 Å². The van der Waals surface area contributed by atoms with Crippen molar-refractivity contribution >= 4 is 15.9 Å². The summed E-state index contributed by atoms with van der Waals surface area (Å²) in [6.45, 7) is 6.13. The molecular formula is C18H24O6S. The normalized spacial score (nSPS) is 21.0. The number of carbonyl (C=O) groups is 1. The second kappa shape index (κ2) is 8.71. The van der Waals surface area contributed by atoms with E-state index in [1.807, 2.05) is 6.92 Å². The van der Waals surface area contributed by atoms with Crippen LogP contribution in [0, 0.1) is 12.8 Å². The molecule has 1 aliphatic heterocycles. The highest BCUT2D eigenvalue weighted by atomic mass is 32.2. The minimum atomic E-state index is -3.94. The van der Waals surface area contributed by atoms with Crippen LogP contribution < -0.4 is 0 Å². The van der Waals surface area contributed by atoms with Crippen molar-refractivity contribution in [1.29, 1.82) is 0 Å². The number of benzene rings is 1. The summed E-state index contributed by atoms with van der Waals surface area (Å²) in [7, 11) is -3.94. The Hall–Kier alpha value is -1.54. The minimum absolute atomic E-state index is 0.0432. The third kappa shape index (κ3) is 6.04. The third-order valence-electron chi connectivity index (χ3n) is 3.69. The summed E-state index contributed by atoms with van der Waals surface area (Å²) in [4.78, 5) is 11.9. The molecule has 0 aliphatic carbocycles. The van der Waals surface area contributed by atoms with Crippen molar-refractivity contribution in [1.82, 2.24) is 0 Å². The lowest BCUT2D eigenvalue weighted by atomic mass is 10.1. The number of aryl methyl sites for hydroxylation is 1. The van der Waals surface area contributed by atoms with E-state index in [0.717, 1.165) is 12.0 Å². The summed E-state index contributed by atoms with van der Waals surface area (Å²) in [5.41, 5.74) is 0.941. The Morgan fingerprint density at radius 1 is 1.20 bits per heavy atom. The zero-order chi connectivity index (χ0) is 18.4. The van der Waals surface area contributed by atoms with Crippen molar-refractivity contribution in [2.75, 3.05) is 13.2 Å². The van der Waals surface area contributed by atoms with Gasteiger partial charge in [-0.3, -0.25) is 8.98 Å². The Morgan fingerprint density at radius 2 is 1.88 bits per heavy atom. The summed E-state index contributed by atoms with van der Waals surface area (Å²) in [6, 6.07) is 6.29. The molecule has 2 rings (SSSR count). The molecule has 0 aromatic heterocycles. The first-order chi connectivity index (χ1) is 11.8. The van der Waals surface area contributed by atoms with Crippen LogP contribution in [0.25, 0.3) is 0 Å². The van der Waals surface area contributed by atoms with Crippen molar-refractivity contribution in [3.63, 3.8) is 0 Å². The average Bonchev–Trinajstić information content (AvgIpc) is 2.55. The standard InChI is InChI=1S/C18H24O6S/c1-13(2)10-11-22-18-9-8-16(19)17(24-18)12-23-25(20,21)15-6-4-14(3)5-7-15/h4-9,13,17-18H,10-12H2,1-3H3/t17-,18+/m1/s1. The molecular weight excluding hydrogens is 344 g/mol. The van der Waals surface area contributed by atoms with Crippen LogP contribution in [0.5, 0.6) is 0 Å². The molecule has 25 heavy (non-hydrogen) atoms. The van der Waals surface area contributed by atoms with Crippen molar-refractivity contribution in [3.05, 3.63) is 42.0 Å². The largest absolute Gasteiger partial charge is 0.349 e. The molecule has 1 aromatic carbocycles. The maximum absolute atomic E-state index is 12.2. The van der Waals surface area contributed by atoms with Gasteiger partial charge in [-0.1, -0.05) is 31.5 Å². The Morgan fingerprint density at radius 3 is 2.52 bits per heavy atom. The Labute approximate surface area is 148 Å². The van der Waals surface area contributed by atoms with Crippen LogP contribution in [-0.4, -0.2) is 39.8 Å². The van der Waals surface area contributed by atoms with Gasteiger partial charge < -0.3 is 9.47 Å². The molecule has 1 aliphatic rings. The van der Waals surface area contributed by atoms with Gasteiger partial charge in [-0.15, -0.1) is 0 Å². The predicted molar refractivity (Wildman–Crippen MR) is 92.5 cm³/mol. The van der Waals surface area contributed by atoms with Crippen LogP contribution >= 0.6 is 0 Å². The second-order valence-corrected chi connectivity index (χ2v) is 7.97. The Bertz CT molecular complexity index is 706. The van der Waals surface area contributed by atoms with Gasteiger partial charge in [0.15, 0.2) is 12.1 Å². The first kappa shape index (κ1) is 19.8. The van der Waals surface area contributed by atoms with Gasteiger partial charge >= 0.3 is 0 Å². The van der Waals surface area contributed by atoms with Crippen molar-refractivity contribution in [3.8, 4) is 0 Å². The highest BCUT2D eigenvalue weighted by Crippen LogP contribution is 2.17. The van der Waals surface area contributed by atoms with Crippen LogP contribution in [0.15, 0.2) is 41.3 Å². The lowest BCUT2D eigenvalue weighted by Crippen LogP contribution is -2.37. The molecule has 1 aromatic rings. The molecule has 0 radical (unpaired) electrons. The van der Waals surface area contributed by atoms with Gasteiger partial charge in [-0.05, 0) is 43.5 Å². The van der Waals surface area contributed by atoms with Crippen molar-refractivity contribution in [2.24, 2.45) is 5.92 Å². The van der Waals surface area contributed by atoms with Crippen LogP contribution in [0.4, 0.5) is 0 Å². The lowest BCUT2D eigenvalue weighted by molar-refractivity contribution is -0.167. The van der Waals surface area contributed by atoms with E-state index in [1.54, 1.807) is 12.1 Å². The molecule has 138 valence electrons. The number of rotatable bonds is 8. The van der Waals surface area contributed by atoms with Gasteiger partial charge in [0.25, 0.3) is 10.1 Å². The van der Waals surface area contributed by atoms with E-state index in [-0.39, 0.29) is 17.3 Å². The maximum atomic E-state index is 12.2. The fraction of sp³-hybridized carbons (Fsp3) is 0.500. The molecule has 7 heteroatoms. The summed E-state index contributed by atoms with van der Waals surface area (Å²) >= 11 is 0. The summed E-state index contributed by atoms with van der Waals surface area (Å²) in [5, 5.41) is 0. The lowest BCUT2D eigenvalue weighted by Gasteiger charge is -2.25. The highest BCUT2D eigenvalue weighted by molar-refractivity contribution is 7.86. The summed E-state index contributed by atoms with van der Waals surface area (Å²) < 4.78 is 40.4. The molecule has 0 N–H and O–H groups in total. The zero-order valence-electron chi connectivity index (χ0n) is 14.7. The minimum Gasteiger partial charge on any atom is -0.349 e. The number of ketones is 1. The molecule has 1 heterocycles. The van der Waals surface area contributed by atoms with Crippen LogP contribution in [0.3, 0.4) is 0 Å². The smallest absolute Gasteiger partial charge is 0.297 e. The van der Waals surface area contributed by atoms with E-state index in [4.69, 9.17) is 13.7 Å². The van der Waals surface area contributed by atoms with Crippen molar-refractivity contribution < 1.29 is 26.9 Å². The van der Waals surface area contributed by atoms with E-state index in [0.29, 0.717) is 12.5 Å². The molecule has 0 saturated carbocycles. The van der Waals surface area contributed by atoms with Crippen molar-refractivity contribution in [2.45, 2.75) is 44.5 Å². The predicted octanol–water partition coefficient (Wildman–Crippen LogP) is 2.61. The molecule has 0 saturated heterocycles. The molecule has 0 fully saturated rings. The SMILES string of the molecule is Cc1ccc(S(=O)(=O)OC[C@H]2O[C@H](OCCC(C)C)C=CC2=O)cc1. The Balaban J connectivity index is 1.91. The van der Waals surface area contributed by atoms with E-state index in [2.05, 4.69) is 13.8 Å². The second-order valence-electron chi connectivity index (χ2n) is 6.36. The highest BCUT2D eigenvalue weighted by Gasteiger charge is 2.28. The van der Waals surface area contributed by atoms with Gasteiger partial charge in [-0.25, -0.2) is 0 Å². The van der Waals surface area contributed by atoms with E-state index in [9.17, 15) is 13.2 Å². The average molecular weight is 368 g/mol. The molecule has 0 spiro atoms. The molecule has 0 bridgehead atoms. The van der Waals surface area contributed by atoms with Gasteiger partial charge in [0.1, 0.15) is 12.7 Å². The van der Waals surface area contributed by atoms with E-state index < -0.39 is 22.5 Å². The third-order valence-corrected chi connectivity index (χ3v) is 4.99. The van der Waals surface area contributed by atoms with E-state index in [1.165, 1.54) is 24.3 Å². The number of hydrogen-bond acceptors (Lipinski definition) is 6. The van der Waals surface area contributed by atoms with Gasteiger partial charge in [0.2, 0.25) is 0 Å². The molecule has 2 atom stereocenters. The van der Waals surface area contributed by atoms with Crippen LogP contribution in [0.2, 0.25) is 0 Å². The fourth-order valence-corrected chi connectivity index (χ4v) is 3.02. The molecule has 0 unspecified atom stereocenters. The molecule has 6 nitrogen and oxygen atoms in total. The van der Waals surface area contributed by atoms with Crippen LogP contribution in [0.1, 0.15) is 25.8 Å². The summed E-state index contributed by atoms with van der Waals surface area (Å²) in [5.74, 6) is 0.149. The first-order valence-corrected chi connectivity index (χ1v) is 9.64. The topological polar surface area (TPSA) is 78.9 Å². The maximum Gasteiger partial charge on any atom is 0.297 e. The first-order valence-electron chi connectivity index (χ1n) is 8.23. The van der Waals surface area contributed by atoms with Gasteiger partial charge in [0.05, 0.1) is 11.5 Å². The quantitative estimate of drug-likeness (QED) is 0.656. The monoisotopic (exact) mass is 368 g/mol. The number of hydrogen-bond donors (Lipinski definition) is 0. The van der Waals surface area contributed by atoms with Gasteiger partial charge in [-0.2, -0.15) is 8.42 Å².